The summed E-state index contributed by atoms with van der Waals surface area (Å²) >= 11 is 0. The topological polar surface area (TPSA) is 68.4 Å². The van der Waals surface area contributed by atoms with Crippen molar-refractivity contribution in [1.29, 1.82) is 0 Å². The van der Waals surface area contributed by atoms with Gasteiger partial charge >= 0.3 is 12.3 Å². The Labute approximate surface area is 99.5 Å². The van der Waals surface area contributed by atoms with Crippen molar-refractivity contribution in [3.05, 3.63) is 27.5 Å². The number of alkyl halides is 3. The number of methoxy groups -OCH3 is 1. The minimum atomic E-state index is -4.96. The molecule has 0 bridgehead atoms. The number of rotatable bonds is 3. The van der Waals surface area contributed by atoms with Crippen LogP contribution < -0.4 is 10.3 Å². The fourth-order valence-corrected chi connectivity index (χ4v) is 1.33. The Morgan fingerprint density at radius 2 is 2.06 bits per heavy atom. The van der Waals surface area contributed by atoms with E-state index in [1.54, 1.807) is 0 Å². The zero-order valence-corrected chi connectivity index (χ0v) is 9.55. The highest BCUT2D eigenvalue weighted by molar-refractivity contribution is 5.73. The van der Waals surface area contributed by atoms with E-state index < -0.39 is 30.2 Å². The van der Waals surface area contributed by atoms with E-state index in [2.05, 4.69) is 9.47 Å². The van der Waals surface area contributed by atoms with E-state index >= 15 is 0 Å². The maximum Gasteiger partial charge on any atom is 0.574 e. The number of H-pyrrole nitrogens is 1. The molecule has 1 aromatic heterocycles. The summed E-state index contributed by atoms with van der Waals surface area (Å²) in [6, 6.07) is 1.07. The lowest BCUT2D eigenvalue weighted by Crippen LogP contribution is -2.23. The van der Waals surface area contributed by atoms with Crippen molar-refractivity contribution >= 4 is 5.97 Å². The predicted octanol–water partition coefficient (Wildman–Crippen LogP) is 1.30. The van der Waals surface area contributed by atoms with Gasteiger partial charge in [0.25, 0.3) is 5.56 Å². The quantitative estimate of drug-likeness (QED) is 0.836. The van der Waals surface area contributed by atoms with Gasteiger partial charge < -0.3 is 9.47 Å². The average molecular weight is 265 g/mol. The van der Waals surface area contributed by atoms with Crippen LogP contribution in [0.25, 0.3) is 0 Å². The van der Waals surface area contributed by atoms with Crippen LogP contribution in [0.1, 0.15) is 11.1 Å². The van der Waals surface area contributed by atoms with Crippen molar-refractivity contribution in [2.24, 2.45) is 0 Å². The molecule has 1 rings (SSSR count). The van der Waals surface area contributed by atoms with Crippen LogP contribution in [0.15, 0.2) is 10.9 Å². The first kappa shape index (κ1) is 14.1. The van der Waals surface area contributed by atoms with E-state index in [-0.39, 0.29) is 11.1 Å². The Kier molecular flexibility index (Phi) is 4.00. The molecule has 0 aromatic carbocycles. The Morgan fingerprint density at radius 3 is 2.56 bits per heavy atom. The minimum Gasteiger partial charge on any atom is -0.469 e. The van der Waals surface area contributed by atoms with Gasteiger partial charge in [-0.15, -0.1) is 13.2 Å². The number of hydrogen-bond acceptors (Lipinski definition) is 4. The number of pyridine rings is 1. The normalized spacial score (nSPS) is 11.2. The molecule has 1 N–H and O–H groups in total. The number of ether oxygens (including phenoxy) is 2. The average Bonchev–Trinajstić information content (AvgIpc) is 2.20. The highest BCUT2D eigenvalue weighted by atomic mass is 19.4. The lowest BCUT2D eigenvalue weighted by molar-refractivity contribution is -0.276. The van der Waals surface area contributed by atoms with Gasteiger partial charge in [-0.05, 0) is 12.5 Å². The summed E-state index contributed by atoms with van der Waals surface area (Å²) in [7, 11) is 1.10. The maximum atomic E-state index is 12.1. The van der Waals surface area contributed by atoms with Gasteiger partial charge in [0.2, 0.25) is 5.88 Å². The van der Waals surface area contributed by atoms with Crippen LogP contribution in [0.3, 0.4) is 0 Å². The monoisotopic (exact) mass is 265 g/mol. The molecule has 18 heavy (non-hydrogen) atoms. The third-order valence-electron chi connectivity index (χ3n) is 2.10. The molecule has 0 fully saturated rings. The van der Waals surface area contributed by atoms with Crippen LogP contribution in [-0.4, -0.2) is 24.4 Å². The first-order chi connectivity index (χ1) is 8.23. The standard InChI is InChI=1S/C10H10F3NO4/c1-5-3-7(15)14-9(18-10(11,12)13)6(5)4-8(16)17-2/h3H,4H2,1-2H3,(H,14,15). The molecule has 100 valence electrons. The van der Waals surface area contributed by atoms with Gasteiger partial charge in [0.15, 0.2) is 0 Å². The van der Waals surface area contributed by atoms with Gasteiger partial charge in [-0.25, -0.2) is 0 Å². The van der Waals surface area contributed by atoms with E-state index in [1.165, 1.54) is 6.92 Å². The first-order valence-corrected chi connectivity index (χ1v) is 4.78. The zero-order valence-electron chi connectivity index (χ0n) is 9.55. The van der Waals surface area contributed by atoms with Gasteiger partial charge in [-0.2, -0.15) is 0 Å². The Bertz CT molecular complexity index is 507. The van der Waals surface area contributed by atoms with Crippen molar-refractivity contribution < 1.29 is 27.4 Å². The molecule has 0 atom stereocenters. The van der Waals surface area contributed by atoms with E-state index in [0.29, 0.717) is 0 Å². The minimum absolute atomic E-state index is 0.0706. The third kappa shape index (κ3) is 3.79. The van der Waals surface area contributed by atoms with Crippen LogP contribution in [0.5, 0.6) is 5.88 Å². The molecule has 0 saturated carbocycles. The van der Waals surface area contributed by atoms with Crippen LogP contribution in [0.2, 0.25) is 0 Å². The molecule has 1 aromatic rings. The van der Waals surface area contributed by atoms with E-state index in [0.717, 1.165) is 13.2 Å². The molecule has 5 nitrogen and oxygen atoms in total. The third-order valence-corrected chi connectivity index (χ3v) is 2.10. The molecule has 0 spiro atoms. The molecular weight excluding hydrogens is 255 g/mol. The Morgan fingerprint density at radius 1 is 1.44 bits per heavy atom. The molecule has 0 aliphatic carbocycles. The summed E-state index contributed by atoms with van der Waals surface area (Å²) in [5, 5.41) is 0. The van der Waals surface area contributed by atoms with Crippen molar-refractivity contribution in [1.82, 2.24) is 4.98 Å². The van der Waals surface area contributed by atoms with Gasteiger partial charge in [-0.3, -0.25) is 14.6 Å². The fourth-order valence-electron chi connectivity index (χ4n) is 1.33. The summed E-state index contributed by atoms with van der Waals surface area (Å²) in [6.07, 6.45) is -5.38. The molecule has 1 heterocycles. The second-order valence-corrected chi connectivity index (χ2v) is 3.42. The predicted molar refractivity (Wildman–Crippen MR) is 54.2 cm³/mol. The number of halogens is 3. The molecular formula is C10H10F3NO4. The largest absolute Gasteiger partial charge is 0.574 e. The second-order valence-electron chi connectivity index (χ2n) is 3.42. The number of esters is 1. The van der Waals surface area contributed by atoms with E-state index in [1.807, 2.05) is 4.98 Å². The summed E-state index contributed by atoms with van der Waals surface area (Å²) in [6.45, 7) is 1.40. The Balaban J connectivity index is 3.21. The smallest absolute Gasteiger partial charge is 0.469 e. The molecule has 0 unspecified atom stereocenters. The molecule has 0 amide bonds. The number of aromatic amines is 1. The molecule has 0 radical (unpaired) electrons. The highest BCUT2D eigenvalue weighted by Crippen LogP contribution is 2.25. The van der Waals surface area contributed by atoms with E-state index in [9.17, 15) is 22.8 Å². The number of aryl methyl sites for hydroxylation is 1. The van der Waals surface area contributed by atoms with Gasteiger partial charge in [0, 0.05) is 11.6 Å². The molecule has 0 saturated heterocycles. The Hall–Kier alpha value is -1.99. The lowest BCUT2D eigenvalue weighted by atomic mass is 10.1. The van der Waals surface area contributed by atoms with Crippen molar-refractivity contribution in [3.63, 3.8) is 0 Å². The summed E-state index contributed by atoms with van der Waals surface area (Å²) in [5.74, 6) is -1.53. The van der Waals surface area contributed by atoms with E-state index in [4.69, 9.17) is 0 Å². The summed E-state index contributed by atoms with van der Waals surface area (Å²) < 4.78 is 44.5. The molecule has 0 aliphatic rings. The number of carbonyl (C=O) groups excluding carboxylic acids is 1. The maximum absolute atomic E-state index is 12.1. The summed E-state index contributed by atoms with van der Waals surface area (Å²) in [4.78, 5) is 24.1. The number of hydrogen-bond donors (Lipinski definition) is 1. The number of aromatic nitrogens is 1. The van der Waals surface area contributed by atoms with Gasteiger partial charge in [-0.1, -0.05) is 0 Å². The zero-order chi connectivity index (χ0) is 13.9. The molecule has 0 aliphatic heterocycles. The summed E-state index contributed by atoms with van der Waals surface area (Å²) in [5.41, 5.74) is -0.609. The number of nitrogens with one attached hydrogen (secondary N) is 1. The van der Waals surface area contributed by atoms with Crippen molar-refractivity contribution in [2.45, 2.75) is 19.7 Å². The van der Waals surface area contributed by atoms with Crippen LogP contribution >= 0.6 is 0 Å². The SMILES string of the molecule is COC(=O)Cc1c(C)cc(=O)[nH]c1OC(F)(F)F. The number of carbonyl (C=O) groups is 1. The molecule has 8 heteroatoms. The van der Waals surface area contributed by atoms with Crippen molar-refractivity contribution in [3.8, 4) is 5.88 Å². The second kappa shape index (κ2) is 5.11. The van der Waals surface area contributed by atoms with Gasteiger partial charge in [0.05, 0.1) is 13.5 Å². The van der Waals surface area contributed by atoms with Crippen LogP contribution in [0.4, 0.5) is 13.2 Å². The van der Waals surface area contributed by atoms with Crippen LogP contribution in [-0.2, 0) is 16.0 Å². The van der Waals surface area contributed by atoms with Gasteiger partial charge in [0.1, 0.15) is 0 Å². The lowest BCUT2D eigenvalue weighted by Gasteiger charge is -2.13. The highest BCUT2D eigenvalue weighted by Gasteiger charge is 2.33. The van der Waals surface area contributed by atoms with Crippen LogP contribution in [0, 0.1) is 6.92 Å². The van der Waals surface area contributed by atoms with Crippen molar-refractivity contribution in [2.75, 3.05) is 7.11 Å². The fraction of sp³-hybridized carbons (Fsp3) is 0.400. The first-order valence-electron chi connectivity index (χ1n) is 4.78.